The molecule has 3 heteroatoms. The summed E-state index contributed by atoms with van der Waals surface area (Å²) in [4.78, 5) is 0. The van der Waals surface area contributed by atoms with E-state index in [0.29, 0.717) is 6.61 Å². The molecule has 1 aromatic carbocycles. The molecule has 0 heterocycles. The van der Waals surface area contributed by atoms with Crippen LogP contribution in [0.15, 0.2) is 24.3 Å². The standard InChI is InChI=1S/C14H22O3/c1-11(15)12-5-7-13(8-6-12)17-10-9-14(2,3)16-4/h5-8,11,15H,9-10H2,1-4H3/t11-/m1/s1. The number of rotatable bonds is 6. The summed E-state index contributed by atoms with van der Waals surface area (Å²) in [5.74, 6) is 0.821. The topological polar surface area (TPSA) is 38.7 Å². The van der Waals surface area contributed by atoms with Crippen molar-refractivity contribution >= 4 is 0 Å². The van der Waals surface area contributed by atoms with Crippen LogP contribution < -0.4 is 4.74 Å². The van der Waals surface area contributed by atoms with Gasteiger partial charge in [0.15, 0.2) is 0 Å². The van der Waals surface area contributed by atoms with Crippen molar-refractivity contribution in [3.8, 4) is 5.75 Å². The highest BCUT2D eigenvalue weighted by molar-refractivity contribution is 5.28. The van der Waals surface area contributed by atoms with Gasteiger partial charge in [-0.2, -0.15) is 0 Å². The van der Waals surface area contributed by atoms with Gasteiger partial charge >= 0.3 is 0 Å². The molecule has 0 spiro atoms. The van der Waals surface area contributed by atoms with Gasteiger partial charge in [-0.3, -0.25) is 0 Å². The monoisotopic (exact) mass is 238 g/mol. The van der Waals surface area contributed by atoms with Crippen molar-refractivity contribution in [3.63, 3.8) is 0 Å². The molecule has 1 aromatic rings. The maximum absolute atomic E-state index is 9.37. The van der Waals surface area contributed by atoms with Gasteiger partial charge in [0.1, 0.15) is 5.75 Å². The fourth-order valence-corrected chi connectivity index (χ4v) is 1.36. The van der Waals surface area contributed by atoms with Crippen LogP contribution in [0.5, 0.6) is 5.75 Å². The minimum Gasteiger partial charge on any atom is -0.493 e. The first kappa shape index (κ1) is 14.0. The number of methoxy groups -OCH3 is 1. The van der Waals surface area contributed by atoms with E-state index >= 15 is 0 Å². The Bertz CT molecular complexity index is 328. The third kappa shape index (κ3) is 4.75. The number of hydrogen-bond acceptors (Lipinski definition) is 3. The molecule has 96 valence electrons. The predicted octanol–water partition coefficient (Wildman–Crippen LogP) is 2.93. The smallest absolute Gasteiger partial charge is 0.119 e. The first-order valence-electron chi connectivity index (χ1n) is 5.90. The Labute approximate surface area is 103 Å². The molecule has 0 radical (unpaired) electrons. The van der Waals surface area contributed by atoms with E-state index in [-0.39, 0.29) is 5.60 Å². The van der Waals surface area contributed by atoms with Gasteiger partial charge in [0.05, 0.1) is 18.3 Å². The average molecular weight is 238 g/mol. The molecule has 0 fully saturated rings. The van der Waals surface area contributed by atoms with Gasteiger partial charge in [-0.15, -0.1) is 0 Å². The first-order valence-corrected chi connectivity index (χ1v) is 5.90. The van der Waals surface area contributed by atoms with Crippen LogP contribution in [0, 0.1) is 0 Å². The maximum atomic E-state index is 9.37. The van der Waals surface area contributed by atoms with Gasteiger partial charge in [0.25, 0.3) is 0 Å². The van der Waals surface area contributed by atoms with E-state index in [1.807, 2.05) is 38.1 Å². The van der Waals surface area contributed by atoms with Crippen LogP contribution in [0.2, 0.25) is 0 Å². The molecular formula is C14H22O3. The molecule has 0 aliphatic rings. The first-order chi connectivity index (χ1) is 7.94. The fourth-order valence-electron chi connectivity index (χ4n) is 1.36. The van der Waals surface area contributed by atoms with Gasteiger partial charge in [0, 0.05) is 13.5 Å². The van der Waals surface area contributed by atoms with Crippen LogP contribution in [0.25, 0.3) is 0 Å². The van der Waals surface area contributed by atoms with E-state index in [9.17, 15) is 5.11 Å². The number of ether oxygens (including phenoxy) is 2. The van der Waals surface area contributed by atoms with Crippen molar-refractivity contribution in [1.29, 1.82) is 0 Å². The van der Waals surface area contributed by atoms with Crippen molar-refractivity contribution < 1.29 is 14.6 Å². The normalized spacial score (nSPS) is 13.5. The summed E-state index contributed by atoms with van der Waals surface area (Å²) in [5, 5.41) is 9.37. The van der Waals surface area contributed by atoms with Gasteiger partial charge < -0.3 is 14.6 Å². The third-order valence-electron chi connectivity index (χ3n) is 2.89. The van der Waals surface area contributed by atoms with Crippen LogP contribution in [0.3, 0.4) is 0 Å². The molecule has 3 nitrogen and oxygen atoms in total. The zero-order valence-electron chi connectivity index (χ0n) is 11.1. The summed E-state index contributed by atoms with van der Waals surface area (Å²) in [5.41, 5.74) is 0.745. The Hall–Kier alpha value is -1.06. The number of aliphatic hydroxyl groups is 1. The van der Waals surface area contributed by atoms with E-state index < -0.39 is 6.10 Å². The molecule has 0 aromatic heterocycles. The zero-order chi connectivity index (χ0) is 12.9. The van der Waals surface area contributed by atoms with Crippen LogP contribution in [-0.2, 0) is 4.74 Å². The molecule has 0 saturated carbocycles. The van der Waals surface area contributed by atoms with Crippen molar-refractivity contribution in [3.05, 3.63) is 29.8 Å². The van der Waals surface area contributed by atoms with Gasteiger partial charge in [-0.25, -0.2) is 0 Å². The second-order valence-electron chi connectivity index (χ2n) is 4.81. The highest BCUT2D eigenvalue weighted by Gasteiger charge is 2.15. The van der Waals surface area contributed by atoms with Gasteiger partial charge in [0.2, 0.25) is 0 Å². The van der Waals surface area contributed by atoms with E-state index in [1.165, 1.54) is 0 Å². The lowest BCUT2D eigenvalue weighted by Gasteiger charge is -2.22. The Kier molecular flexibility index (Phi) is 4.97. The lowest BCUT2D eigenvalue weighted by molar-refractivity contribution is 0.00545. The summed E-state index contributed by atoms with van der Waals surface area (Å²) in [6.07, 6.45) is 0.401. The molecule has 0 amide bonds. The molecule has 0 aliphatic heterocycles. The van der Waals surface area contributed by atoms with Crippen LogP contribution in [0.4, 0.5) is 0 Å². The Morgan fingerprint density at radius 3 is 2.29 bits per heavy atom. The van der Waals surface area contributed by atoms with E-state index in [0.717, 1.165) is 17.7 Å². The maximum Gasteiger partial charge on any atom is 0.119 e. The van der Waals surface area contributed by atoms with Crippen molar-refractivity contribution in [2.45, 2.75) is 38.9 Å². The number of aliphatic hydroxyl groups excluding tert-OH is 1. The van der Waals surface area contributed by atoms with Crippen molar-refractivity contribution in [2.75, 3.05) is 13.7 Å². The Balaban J connectivity index is 2.42. The molecule has 0 saturated heterocycles. The van der Waals surface area contributed by atoms with E-state index in [4.69, 9.17) is 9.47 Å². The molecular weight excluding hydrogens is 216 g/mol. The Morgan fingerprint density at radius 1 is 1.24 bits per heavy atom. The van der Waals surface area contributed by atoms with Gasteiger partial charge in [-0.1, -0.05) is 12.1 Å². The minimum absolute atomic E-state index is 0.153. The molecule has 1 N–H and O–H groups in total. The highest BCUT2D eigenvalue weighted by atomic mass is 16.5. The molecule has 1 atom stereocenters. The number of hydrogen-bond donors (Lipinski definition) is 1. The fraction of sp³-hybridized carbons (Fsp3) is 0.571. The second kappa shape index (κ2) is 6.03. The Morgan fingerprint density at radius 2 is 1.82 bits per heavy atom. The third-order valence-corrected chi connectivity index (χ3v) is 2.89. The van der Waals surface area contributed by atoms with Crippen LogP contribution in [0.1, 0.15) is 38.9 Å². The molecule has 0 aliphatic carbocycles. The minimum atomic E-state index is -0.434. The van der Waals surface area contributed by atoms with Crippen LogP contribution >= 0.6 is 0 Å². The van der Waals surface area contributed by atoms with Crippen molar-refractivity contribution in [2.24, 2.45) is 0 Å². The predicted molar refractivity (Wildman–Crippen MR) is 68.3 cm³/mol. The lowest BCUT2D eigenvalue weighted by atomic mass is 10.1. The summed E-state index contributed by atoms with van der Waals surface area (Å²) in [6.45, 7) is 6.44. The summed E-state index contributed by atoms with van der Waals surface area (Å²) in [7, 11) is 1.71. The molecule has 17 heavy (non-hydrogen) atoms. The second-order valence-corrected chi connectivity index (χ2v) is 4.81. The van der Waals surface area contributed by atoms with E-state index in [2.05, 4.69) is 0 Å². The van der Waals surface area contributed by atoms with Crippen LogP contribution in [-0.4, -0.2) is 24.4 Å². The SMILES string of the molecule is COC(C)(C)CCOc1ccc([C@@H](C)O)cc1. The quantitative estimate of drug-likeness (QED) is 0.828. The molecule has 1 rings (SSSR count). The largest absolute Gasteiger partial charge is 0.493 e. The zero-order valence-corrected chi connectivity index (χ0v) is 11.1. The highest BCUT2D eigenvalue weighted by Crippen LogP contribution is 2.19. The van der Waals surface area contributed by atoms with Crippen molar-refractivity contribution in [1.82, 2.24) is 0 Å². The molecule has 0 bridgehead atoms. The number of benzene rings is 1. The van der Waals surface area contributed by atoms with Gasteiger partial charge in [-0.05, 0) is 38.5 Å². The summed E-state index contributed by atoms with van der Waals surface area (Å²) < 4.78 is 10.9. The summed E-state index contributed by atoms with van der Waals surface area (Å²) in [6, 6.07) is 7.51. The lowest BCUT2D eigenvalue weighted by Crippen LogP contribution is -2.25. The van der Waals surface area contributed by atoms with E-state index in [1.54, 1.807) is 14.0 Å². The average Bonchev–Trinajstić information content (AvgIpc) is 2.29. The summed E-state index contributed by atoms with van der Waals surface area (Å²) >= 11 is 0. The molecule has 0 unspecified atom stereocenters.